The molecule has 1 aromatic rings. The monoisotopic (exact) mass is 195 g/mol. The summed E-state index contributed by atoms with van der Waals surface area (Å²) >= 11 is 0. The van der Waals surface area contributed by atoms with Gasteiger partial charge in [0.05, 0.1) is 12.5 Å². The SMILES string of the molecule is CCCC(C)C(Cc1ccoc1)NC. The highest BCUT2D eigenvalue weighted by Gasteiger charge is 2.15. The molecule has 0 aliphatic rings. The van der Waals surface area contributed by atoms with Gasteiger partial charge < -0.3 is 9.73 Å². The van der Waals surface area contributed by atoms with E-state index in [0.29, 0.717) is 6.04 Å². The molecule has 1 heterocycles. The number of furan rings is 1. The number of hydrogen-bond donors (Lipinski definition) is 1. The maximum atomic E-state index is 5.07. The highest BCUT2D eigenvalue weighted by molar-refractivity contribution is 5.07. The van der Waals surface area contributed by atoms with E-state index in [1.807, 2.05) is 19.4 Å². The van der Waals surface area contributed by atoms with Gasteiger partial charge >= 0.3 is 0 Å². The summed E-state index contributed by atoms with van der Waals surface area (Å²) < 4.78 is 5.07. The molecule has 0 aliphatic carbocycles. The smallest absolute Gasteiger partial charge is 0.0935 e. The lowest BCUT2D eigenvalue weighted by atomic mass is 9.92. The molecule has 1 aromatic heterocycles. The van der Waals surface area contributed by atoms with Crippen LogP contribution < -0.4 is 5.32 Å². The van der Waals surface area contributed by atoms with Crippen molar-refractivity contribution in [2.24, 2.45) is 5.92 Å². The Kier molecular flexibility index (Phi) is 4.74. The fourth-order valence-electron chi connectivity index (χ4n) is 1.91. The standard InChI is InChI=1S/C12H21NO/c1-4-5-10(2)12(13-3)8-11-6-7-14-9-11/h6-7,9-10,12-13H,4-5,8H2,1-3H3. The fraction of sp³-hybridized carbons (Fsp3) is 0.667. The Bertz CT molecular complexity index is 230. The molecule has 1 rings (SSSR count). The zero-order valence-corrected chi connectivity index (χ0v) is 9.42. The summed E-state index contributed by atoms with van der Waals surface area (Å²) in [5.74, 6) is 0.722. The summed E-state index contributed by atoms with van der Waals surface area (Å²) in [6.07, 6.45) is 7.18. The largest absolute Gasteiger partial charge is 0.472 e. The molecule has 0 spiro atoms. The fourth-order valence-corrected chi connectivity index (χ4v) is 1.91. The van der Waals surface area contributed by atoms with E-state index < -0.39 is 0 Å². The second-order valence-corrected chi connectivity index (χ2v) is 4.00. The first-order valence-electron chi connectivity index (χ1n) is 5.46. The molecule has 2 unspecified atom stereocenters. The Morgan fingerprint density at radius 3 is 2.79 bits per heavy atom. The van der Waals surface area contributed by atoms with E-state index in [0.717, 1.165) is 12.3 Å². The van der Waals surface area contributed by atoms with E-state index in [4.69, 9.17) is 4.42 Å². The van der Waals surface area contributed by atoms with Gasteiger partial charge in [0.2, 0.25) is 0 Å². The first kappa shape index (κ1) is 11.3. The molecule has 0 saturated carbocycles. The van der Waals surface area contributed by atoms with Crippen LogP contribution in [0.25, 0.3) is 0 Å². The summed E-state index contributed by atoms with van der Waals surface area (Å²) in [6, 6.07) is 2.61. The molecular formula is C12H21NO. The van der Waals surface area contributed by atoms with E-state index in [1.165, 1.54) is 18.4 Å². The maximum absolute atomic E-state index is 5.07. The Morgan fingerprint density at radius 2 is 2.29 bits per heavy atom. The molecule has 2 atom stereocenters. The summed E-state index contributed by atoms with van der Waals surface area (Å²) in [7, 11) is 2.04. The van der Waals surface area contributed by atoms with Crippen molar-refractivity contribution in [1.29, 1.82) is 0 Å². The average Bonchev–Trinajstić information content (AvgIpc) is 2.66. The molecule has 0 bridgehead atoms. The quantitative estimate of drug-likeness (QED) is 0.755. The second kappa shape index (κ2) is 5.86. The van der Waals surface area contributed by atoms with Crippen LogP contribution in [0, 0.1) is 5.92 Å². The average molecular weight is 195 g/mol. The first-order chi connectivity index (χ1) is 6.77. The van der Waals surface area contributed by atoms with Gasteiger partial charge in [0, 0.05) is 6.04 Å². The van der Waals surface area contributed by atoms with Crippen molar-refractivity contribution in [3.8, 4) is 0 Å². The lowest BCUT2D eigenvalue weighted by Gasteiger charge is -2.22. The van der Waals surface area contributed by atoms with E-state index in [2.05, 4.69) is 19.2 Å². The predicted octanol–water partition coefficient (Wildman–Crippen LogP) is 2.85. The topological polar surface area (TPSA) is 25.2 Å². The van der Waals surface area contributed by atoms with Crippen molar-refractivity contribution in [2.45, 2.75) is 39.2 Å². The van der Waals surface area contributed by atoms with Crippen molar-refractivity contribution in [1.82, 2.24) is 5.32 Å². The van der Waals surface area contributed by atoms with Crippen LogP contribution in [-0.4, -0.2) is 13.1 Å². The van der Waals surface area contributed by atoms with Crippen LogP contribution >= 0.6 is 0 Å². The zero-order valence-electron chi connectivity index (χ0n) is 9.42. The highest BCUT2D eigenvalue weighted by Crippen LogP contribution is 2.15. The van der Waals surface area contributed by atoms with Crippen molar-refractivity contribution in [2.75, 3.05) is 7.05 Å². The van der Waals surface area contributed by atoms with Crippen LogP contribution in [0.5, 0.6) is 0 Å². The Balaban J connectivity index is 2.46. The molecule has 14 heavy (non-hydrogen) atoms. The van der Waals surface area contributed by atoms with Crippen LogP contribution in [0.1, 0.15) is 32.3 Å². The van der Waals surface area contributed by atoms with Gasteiger partial charge in [0.15, 0.2) is 0 Å². The molecule has 0 aromatic carbocycles. The van der Waals surface area contributed by atoms with Gasteiger partial charge in [-0.15, -0.1) is 0 Å². The second-order valence-electron chi connectivity index (χ2n) is 4.00. The maximum Gasteiger partial charge on any atom is 0.0935 e. The predicted molar refractivity (Wildman–Crippen MR) is 59.3 cm³/mol. The van der Waals surface area contributed by atoms with Crippen molar-refractivity contribution >= 4 is 0 Å². The molecule has 2 heteroatoms. The van der Waals surface area contributed by atoms with Gasteiger partial charge in [-0.1, -0.05) is 20.3 Å². The van der Waals surface area contributed by atoms with Gasteiger partial charge in [0.25, 0.3) is 0 Å². The summed E-state index contributed by atoms with van der Waals surface area (Å²) in [6.45, 7) is 4.55. The minimum atomic E-state index is 0.563. The first-order valence-corrected chi connectivity index (χ1v) is 5.46. The summed E-state index contributed by atoms with van der Waals surface area (Å²) in [5.41, 5.74) is 1.28. The lowest BCUT2D eigenvalue weighted by molar-refractivity contribution is 0.371. The number of likely N-dealkylation sites (N-methyl/N-ethyl adjacent to an activating group) is 1. The summed E-state index contributed by atoms with van der Waals surface area (Å²) in [4.78, 5) is 0. The van der Waals surface area contributed by atoms with Gasteiger partial charge in [0.1, 0.15) is 0 Å². The Labute approximate surface area is 86.7 Å². The third-order valence-electron chi connectivity index (χ3n) is 2.84. The van der Waals surface area contributed by atoms with Gasteiger partial charge in [-0.3, -0.25) is 0 Å². The third kappa shape index (κ3) is 3.18. The molecule has 0 saturated heterocycles. The molecule has 80 valence electrons. The Morgan fingerprint density at radius 1 is 1.50 bits per heavy atom. The number of rotatable bonds is 6. The molecule has 2 nitrogen and oxygen atoms in total. The van der Waals surface area contributed by atoms with E-state index in [1.54, 1.807) is 6.26 Å². The third-order valence-corrected chi connectivity index (χ3v) is 2.84. The van der Waals surface area contributed by atoms with Crippen LogP contribution in [0.15, 0.2) is 23.0 Å². The van der Waals surface area contributed by atoms with Gasteiger partial charge in [-0.05, 0) is 37.4 Å². The van der Waals surface area contributed by atoms with Crippen molar-refractivity contribution in [3.05, 3.63) is 24.2 Å². The zero-order chi connectivity index (χ0) is 10.4. The normalized spacial score (nSPS) is 15.4. The van der Waals surface area contributed by atoms with Gasteiger partial charge in [-0.2, -0.15) is 0 Å². The molecule has 0 amide bonds. The lowest BCUT2D eigenvalue weighted by Crippen LogP contribution is -2.34. The highest BCUT2D eigenvalue weighted by atomic mass is 16.3. The van der Waals surface area contributed by atoms with Crippen LogP contribution in [0.3, 0.4) is 0 Å². The Hall–Kier alpha value is -0.760. The van der Waals surface area contributed by atoms with Crippen LogP contribution in [0.4, 0.5) is 0 Å². The van der Waals surface area contributed by atoms with E-state index in [-0.39, 0.29) is 0 Å². The van der Waals surface area contributed by atoms with E-state index >= 15 is 0 Å². The van der Waals surface area contributed by atoms with E-state index in [9.17, 15) is 0 Å². The van der Waals surface area contributed by atoms with Gasteiger partial charge in [-0.25, -0.2) is 0 Å². The molecule has 0 radical (unpaired) electrons. The minimum Gasteiger partial charge on any atom is -0.472 e. The summed E-state index contributed by atoms with van der Waals surface area (Å²) in [5, 5.41) is 3.38. The minimum absolute atomic E-state index is 0.563. The van der Waals surface area contributed by atoms with Crippen molar-refractivity contribution in [3.63, 3.8) is 0 Å². The van der Waals surface area contributed by atoms with Crippen LogP contribution in [0.2, 0.25) is 0 Å². The number of hydrogen-bond acceptors (Lipinski definition) is 2. The molecular weight excluding hydrogens is 174 g/mol. The molecule has 0 aliphatic heterocycles. The molecule has 0 fully saturated rings. The molecule has 1 N–H and O–H groups in total. The van der Waals surface area contributed by atoms with Crippen molar-refractivity contribution < 1.29 is 4.42 Å². The number of nitrogens with one attached hydrogen (secondary N) is 1. The van der Waals surface area contributed by atoms with Crippen LogP contribution in [-0.2, 0) is 6.42 Å².